The summed E-state index contributed by atoms with van der Waals surface area (Å²) in [5, 5.41) is 4.10. The van der Waals surface area contributed by atoms with Gasteiger partial charge in [-0.2, -0.15) is 0 Å². The van der Waals surface area contributed by atoms with E-state index in [-0.39, 0.29) is 5.56 Å². The number of rotatable bonds is 6. The van der Waals surface area contributed by atoms with E-state index in [0.717, 1.165) is 21.6 Å². The van der Waals surface area contributed by atoms with Gasteiger partial charge in [-0.1, -0.05) is 35.5 Å². The number of hydrogen-bond donors (Lipinski definition) is 1. The minimum atomic E-state index is -0.404. The molecule has 7 nitrogen and oxygen atoms in total. The number of nitrogens with one attached hydrogen (secondary N) is 1. The zero-order valence-corrected chi connectivity index (χ0v) is 14.2. The van der Waals surface area contributed by atoms with Crippen LogP contribution >= 0.6 is 0 Å². The lowest BCUT2D eigenvalue weighted by Crippen LogP contribution is -2.35. The Bertz CT molecular complexity index is 956. The predicted octanol–water partition coefficient (Wildman–Crippen LogP) is 1.40. The number of hydrogen-bond acceptors (Lipinski definition) is 5. The lowest BCUT2D eigenvalue weighted by atomic mass is 10.1. The maximum Gasteiger partial charge on any atom is 0.328 e. The van der Waals surface area contributed by atoms with Crippen molar-refractivity contribution in [1.29, 1.82) is 0 Å². The maximum absolute atomic E-state index is 12.0. The number of H-pyrrole nitrogens is 1. The first kappa shape index (κ1) is 16.9. The van der Waals surface area contributed by atoms with Gasteiger partial charge in [-0.15, -0.1) is 0 Å². The van der Waals surface area contributed by atoms with E-state index in [1.807, 2.05) is 43.4 Å². The molecule has 1 aromatic carbocycles. The Morgan fingerprint density at radius 2 is 2.00 bits per heavy atom. The standard InChI is InChI=1S/C18H20N4O3/c1-21(9-8-14-11-19-18(24)22(2)17(14)23)12-15-10-16(25-20-15)13-6-4-3-5-7-13/h3-7,10-11H,8-9,12H2,1-2H3,(H,19,24). The van der Waals surface area contributed by atoms with Crippen LogP contribution in [0.3, 0.4) is 0 Å². The Kier molecular flexibility index (Phi) is 4.95. The van der Waals surface area contributed by atoms with Gasteiger partial charge in [0.15, 0.2) is 5.76 Å². The molecule has 1 N–H and O–H groups in total. The first-order valence-corrected chi connectivity index (χ1v) is 8.02. The minimum Gasteiger partial charge on any atom is -0.356 e. The summed E-state index contributed by atoms with van der Waals surface area (Å²) in [7, 11) is 3.42. The van der Waals surface area contributed by atoms with Gasteiger partial charge < -0.3 is 14.4 Å². The molecule has 0 spiro atoms. The molecule has 0 fully saturated rings. The molecule has 130 valence electrons. The van der Waals surface area contributed by atoms with Gasteiger partial charge in [0.2, 0.25) is 0 Å². The predicted molar refractivity (Wildman–Crippen MR) is 94.3 cm³/mol. The van der Waals surface area contributed by atoms with Crippen LogP contribution in [0.25, 0.3) is 11.3 Å². The molecule has 0 atom stereocenters. The highest BCUT2D eigenvalue weighted by atomic mass is 16.5. The molecule has 3 rings (SSSR count). The van der Waals surface area contributed by atoms with E-state index in [1.54, 1.807) is 0 Å². The van der Waals surface area contributed by atoms with Crippen LogP contribution in [-0.4, -0.2) is 33.2 Å². The number of likely N-dealkylation sites (N-methyl/N-ethyl adjacent to an activating group) is 1. The number of benzene rings is 1. The van der Waals surface area contributed by atoms with Crippen molar-refractivity contribution in [2.45, 2.75) is 13.0 Å². The molecule has 0 bridgehead atoms. The third-order valence-corrected chi connectivity index (χ3v) is 4.07. The lowest BCUT2D eigenvalue weighted by Gasteiger charge is -2.14. The fourth-order valence-electron chi connectivity index (χ4n) is 2.59. The summed E-state index contributed by atoms with van der Waals surface area (Å²) < 4.78 is 6.48. The van der Waals surface area contributed by atoms with Crippen molar-refractivity contribution >= 4 is 0 Å². The third-order valence-electron chi connectivity index (χ3n) is 4.07. The van der Waals surface area contributed by atoms with Crippen LogP contribution in [0.2, 0.25) is 0 Å². The van der Waals surface area contributed by atoms with Gasteiger partial charge in [0, 0.05) is 43.5 Å². The van der Waals surface area contributed by atoms with Crippen molar-refractivity contribution in [3.05, 3.63) is 74.7 Å². The summed E-state index contributed by atoms with van der Waals surface area (Å²) in [5.41, 5.74) is 1.73. The molecule has 0 aliphatic rings. The number of aromatic amines is 1. The largest absolute Gasteiger partial charge is 0.356 e. The van der Waals surface area contributed by atoms with E-state index >= 15 is 0 Å². The van der Waals surface area contributed by atoms with Crippen molar-refractivity contribution in [2.75, 3.05) is 13.6 Å². The third kappa shape index (κ3) is 3.95. The van der Waals surface area contributed by atoms with Crippen LogP contribution in [0.5, 0.6) is 0 Å². The normalized spacial score (nSPS) is 11.2. The summed E-state index contributed by atoms with van der Waals surface area (Å²) in [6.45, 7) is 1.27. The van der Waals surface area contributed by atoms with Gasteiger partial charge in [0.05, 0.1) is 5.69 Å². The van der Waals surface area contributed by atoms with Crippen molar-refractivity contribution in [3.8, 4) is 11.3 Å². The fraction of sp³-hybridized carbons (Fsp3) is 0.278. The van der Waals surface area contributed by atoms with Gasteiger partial charge >= 0.3 is 5.69 Å². The van der Waals surface area contributed by atoms with Gasteiger partial charge in [0.1, 0.15) is 0 Å². The van der Waals surface area contributed by atoms with Gasteiger partial charge in [0.25, 0.3) is 5.56 Å². The van der Waals surface area contributed by atoms with E-state index in [4.69, 9.17) is 4.52 Å². The Balaban J connectivity index is 1.61. The van der Waals surface area contributed by atoms with E-state index in [0.29, 0.717) is 25.1 Å². The van der Waals surface area contributed by atoms with E-state index < -0.39 is 5.69 Å². The molecular weight excluding hydrogens is 320 g/mol. The second-order valence-electron chi connectivity index (χ2n) is 6.02. The highest BCUT2D eigenvalue weighted by molar-refractivity contribution is 5.56. The van der Waals surface area contributed by atoms with Crippen LogP contribution in [0.15, 0.2) is 56.7 Å². The second kappa shape index (κ2) is 7.31. The minimum absolute atomic E-state index is 0.259. The quantitative estimate of drug-likeness (QED) is 0.733. The number of aromatic nitrogens is 3. The highest BCUT2D eigenvalue weighted by Crippen LogP contribution is 2.20. The lowest BCUT2D eigenvalue weighted by molar-refractivity contribution is 0.314. The zero-order valence-electron chi connectivity index (χ0n) is 14.2. The van der Waals surface area contributed by atoms with Crippen LogP contribution < -0.4 is 11.2 Å². The smallest absolute Gasteiger partial charge is 0.328 e. The summed E-state index contributed by atoms with van der Waals surface area (Å²) in [4.78, 5) is 28.0. The number of nitrogens with zero attached hydrogens (tertiary/aromatic N) is 3. The average molecular weight is 340 g/mol. The second-order valence-corrected chi connectivity index (χ2v) is 6.02. The Labute approximate surface area is 144 Å². The molecule has 0 saturated carbocycles. The molecule has 2 heterocycles. The molecule has 0 amide bonds. The van der Waals surface area contributed by atoms with Crippen LogP contribution in [-0.2, 0) is 20.0 Å². The first-order valence-electron chi connectivity index (χ1n) is 8.02. The molecule has 7 heteroatoms. The summed E-state index contributed by atoms with van der Waals surface area (Å²) in [6.07, 6.45) is 2.03. The van der Waals surface area contributed by atoms with Crippen LogP contribution in [0.1, 0.15) is 11.3 Å². The molecule has 3 aromatic rings. The summed E-state index contributed by atoms with van der Waals surface area (Å²) >= 11 is 0. The molecule has 0 aliphatic carbocycles. The van der Waals surface area contributed by atoms with Crippen molar-refractivity contribution in [2.24, 2.45) is 7.05 Å². The Hall–Kier alpha value is -2.93. The average Bonchev–Trinajstić information content (AvgIpc) is 3.08. The first-order chi connectivity index (χ1) is 12.0. The summed E-state index contributed by atoms with van der Waals surface area (Å²) in [5.74, 6) is 0.735. The topological polar surface area (TPSA) is 84.1 Å². The van der Waals surface area contributed by atoms with Crippen LogP contribution in [0.4, 0.5) is 0 Å². The molecule has 0 saturated heterocycles. The Morgan fingerprint density at radius 3 is 2.76 bits per heavy atom. The van der Waals surface area contributed by atoms with E-state index in [2.05, 4.69) is 15.0 Å². The SMILES string of the molecule is CN(CCc1c[nH]c(=O)n(C)c1=O)Cc1cc(-c2ccccc2)on1. The van der Waals surface area contributed by atoms with E-state index in [9.17, 15) is 9.59 Å². The fourth-order valence-corrected chi connectivity index (χ4v) is 2.59. The molecule has 0 radical (unpaired) electrons. The maximum atomic E-state index is 12.0. The molecular formula is C18H20N4O3. The van der Waals surface area contributed by atoms with Gasteiger partial charge in [-0.05, 0) is 13.5 Å². The van der Waals surface area contributed by atoms with Gasteiger partial charge in [-0.25, -0.2) is 4.79 Å². The van der Waals surface area contributed by atoms with Crippen LogP contribution in [0, 0.1) is 0 Å². The summed E-state index contributed by atoms with van der Waals surface area (Å²) in [6, 6.07) is 11.7. The monoisotopic (exact) mass is 340 g/mol. The molecule has 0 aliphatic heterocycles. The molecule has 0 unspecified atom stereocenters. The van der Waals surface area contributed by atoms with E-state index in [1.165, 1.54) is 13.2 Å². The van der Waals surface area contributed by atoms with Crippen molar-refractivity contribution < 1.29 is 4.52 Å². The van der Waals surface area contributed by atoms with Gasteiger partial charge in [-0.3, -0.25) is 9.36 Å². The Morgan fingerprint density at radius 1 is 1.24 bits per heavy atom. The van der Waals surface area contributed by atoms with Crippen molar-refractivity contribution in [3.63, 3.8) is 0 Å². The highest BCUT2D eigenvalue weighted by Gasteiger charge is 2.10. The van der Waals surface area contributed by atoms with Crippen molar-refractivity contribution in [1.82, 2.24) is 19.6 Å². The zero-order chi connectivity index (χ0) is 17.8. The molecule has 2 aromatic heterocycles. The molecule has 25 heavy (non-hydrogen) atoms.